The molecule has 0 spiro atoms. The van der Waals surface area contributed by atoms with Gasteiger partial charge in [-0.2, -0.15) is 0 Å². The van der Waals surface area contributed by atoms with Gasteiger partial charge in [0.1, 0.15) is 0 Å². The van der Waals surface area contributed by atoms with E-state index >= 15 is 0 Å². The molecule has 2 amide bonds. The number of urea groups is 1. The van der Waals surface area contributed by atoms with Crippen molar-refractivity contribution in [3.8, 4) is 0 Å². The summed E-state index contributed by atoms with van der Waals surface area (Å²) in [5.41, 5.74) is -0.201. The first-order valence-corrected chi connectivity index (χ1v) is 15.1. The fraction of sp³-hybridized carbons (Fsp3) is 0.767. The van der Waals surface area contributed by atoms with Crippen molar-refractivity contribution < 1.29 is 19.4 Å². The van der Waals surface area contributed by atoms with E-state index in [1.165, 1.54) is 32.1 Å². The Morgan fingerprint density at radius 2 is 1.92 bits per heavy atom. The summed E-state index contributed by atoms with van der Waals surface area (Å²) < 4.78 is 10.4. The summed E-state index contributed by atoms with van der Waals surface area (Å²) in [5, 5.41) is 19.5. The van der Waals surface area contributed by atoms with Crippen molar-refractivity contribution in [1.82, 2.24) is 15.5 Å². The minimum atomic E-state index is -1.04. The van der Waals surface area contributed by atoms with Crippen LogP contribution in [-0.4, -0.2) is 75.7 Å². The van der Waals surface area contributed by atoms with Gasteiger partial charge in [0.05, 0.1) is 12.2 Å². The number of hydrogen-bond acceptors (Lipinski definition) is 5. The van der Waals surface area contributed by atoms with Gasteiger partial charge in [-0.15, -0.1) is 0 Å². The van der Waals surface area contributed by atoms with E-state index in [9.17, 15) is 9.90 Å². The fourth-order valence-electron chi connectivity index (χ4n) is 6.27. The third-order valence-electron chi connectivity index (χ3n) is 8.41. The number of nitrogens with one attached hydrogen (secondary N) is 2. The zero-order chi connectivity index (χ0) is 27.2. The molecule has 1 aliphatic heterocycles. The lowest BCUT2D eigenvalue weighted by Crippen LogP contribution is -2.54. The van der Waals surface area contributed by atoms with E-state index in [1.807, 2.05) is 29.2 Å². The molecule has 8 heteroatoms. The quantitative estimate of drug-likeness (QED) is 0.256. The Hall–Kier alpha value is -1.38. The van der Waals surface area contributed by atoms with Crippen molar-refractivity contribution in [2.45, 2.75) is 82.3 Å². The number of aliphatic hydroxyl groups is 1. The van der Waals surface area contributed by atoms with Crippen LogP contribution in [-0.2, 0) is 15.1 Å². The molecule has 3 N–H and O–H groups in total. The number of hydrogen-bond donors (Lipinski definition) is 3. The number of carbonyl (C=O) groups excluding carboxylic acids is 1. The van der Waals surface area contributed by atoms with Gasteiger partial charge in [0.15, 0.2) is 0 Å². The summed E-state index contributed by atoms with van der Waals surface area (Å²) in [5.74, 6) is 0.618. The second-order valence-electron chi connectivity index (χ2n) is 11.3. The van der Waals surface area contributed by atoms with Crippen LogP contribution < -0.4 is 10.6 Å². The minimum absolute atomic E-state index is 0.0168. The second kappa shape index (κ2) is 16.7. The van der Waals surface area contributed by atoms with Crippen LogP contribution in [0.1, 0.15) is 76.2 Å². The van der Waals surface area contributed by atoms with Crippen molar-refractivity contribution in [2.24, 2.45) is 11.8 Å². The molecule has 2 aliphatic rings. The highest BCUT2D eigenvalue weighted by Crippen LogP contribution is 2.40. The van der Waals surface area contributed by atoms with Gasteiger partial charge in [0.25, 0.3) is 0 Å². The number of nitrogens with zero attached hydrogens (tertiary/aromatic N) is 1. The van der Waals surface area contributed by atoms with Crippen LogP contribution in [0, 0.1) is 11.8 Å². The Bertz CT molecular complexity index is 822. The first kappa shape index (κ1) is 31.2. The smallest absolute Gasteiger partial charge is 0.317 e. The van der Waals surface area contributed by atoms with E-state index in [4.69, 9.17) is 21.1 Å². The molecular weight excluding hydrogens is 502 g/mol. The standard InChI is InChI=1S/C30H50ClN3O4/c1-37-18-7-6-15-30(36,25-12-8-14-27(31)21-25)26-13-9-17-34(23-26)29(35)33-28(22-32-16-19-38-2)20-24-10-4-3-5-11-24/h8,12,14,21,24,26,28,32,36H,3-7,9-11,13,15-20,22-23H2,1-2H3,(H,33,35)/t26-,28+,30-/m1/s1. The summed E-state index contributed by atoms with van der Waals surface area (Å²) in [7, 11) is 3.41. The predicted molar refractivity (Wildman–Crippen MR) is 154 cm³/mol. The molecule has 1 aromatic rings. The number of piperidine rings is 1. The predicted octanol–water partition coefficient (Wildman–Crippen LogP) is 5.34. The molecule has 216 valence electrons. The third kappa shape index (κ3) is 9.67. The van der Waals surface area contributed by atoms with Crippen LogP contribution in [0.25, 0.3) is 0 Å². The first-order chi connectivity index (χ1) is 18.5. The Morgan fingerprint density at radius 1 is 1.13 bits per heavy atom. The Labute approximate surface area is 235 Å². The molecule has 1 aliphatic carbocycles. The van der Waals surface area contributed by atoms with E-state index < -0.39 is 5.60 Å². The van der Waals surface area contributed by atoms with Crippen LogP contribution in [0.15, 0.2) is 24.3 Å². The van der Waals surface area contributed by atoms with E-state index in [0.29, 0.717) is 43.7 Å². The molecule has 0 aromatic heterocycles. The molecule has 3 rings (SSSR count). The number of halogens is 1. The van der Waals surface area contributed by atoms with Gasteiger partial charge in [-0.3, -0.25) is 0 Å². The second-order valence-corrected chi connectivity index (χ2v) is 11.7. The maximum Gasteiger partial charge on any atom is 0.317 e. The average Bonchev–Trinajstić information content (AvgIpc) is 2.94. The summed E-state index contributed by atoms with van der Waals surface area (Å²) in [6.45, 7) is 4.09. The molecular formula is C30H50ClN3O4. The van der Waals surface area contributed by atoms with Crippen molar-refractivity contribution in [2.75, 3.05) is 53.6 Å². The monoisotopic (exact) mass is 551 g/mol. The molecule has 0 unspecified atom stereocenters. The normalized spacial score (nSPS) is 21.2. The molecule has 7 nitrogen and oxygen atoms in total. The molecule has 0 bridgehead atoms. The van der Waals surface area contributed by atoms with Gasteiger partial charge >= 0.3 is 6.03 Å². The number of benzene rings is 1. The number of amides is 2. The van der Waals surface area contributed by atoms with Gasteiger partial charge in [-0.25, -0.2) is 4.79 Å². The molecule has 1 saturated carbocycles. The largest absolute Gasteiger partial charge is 0.385 e. The first-order valence-electron chi connectivity index (χ1n) is 14.7. The van der Waals surface area contributed by atoms with Crippen molar-refractivity contribution in [3.63, 3.8) is 0 Å². The van der Waals surface area contributed by atoms with Crippen LogP contribution in [0.4, 0.5) is 4.79 Å². The van der Waals surface area contributed by atoms with E-state index in [-0.39, 0.29) is 18.0 Å². The molecule has 1 aromatic carbocycles. The highest BCUT2D eigenvalue weighted by molar-refractivity contribution is 6.30. The number of methoxy groups -OCH3 is 2. The molecule has 1 heterocycles. The highest BCUT2D eigenvalue weighted by Gasteiger charge is 2.41. The van der Waals surface area contributed by atoms with Gasteiger partial charge in [0.2, 0.25) is 0 Å². The average molecular weight is 552 g/mol. The zero-order valence-corrected chi connectivity index (χ0v) is 24.3. The SMILES string of the molecule is COCCCC[C@@](O)(c1cccc(Cl)c1)[C@@H]1CCCN(C(=O)N[C@H](CNCCOC)CC2CCCCC2)C1. The van der Waals surface area contributed by atoms with Crippen LogP contribution in [0.3, 0.4) is 0 Å². The van der Waals surface area contributed by atoms with Crippen molar-refractivity contribution in [1.29, 1.82) is 0 Å². The summed E-state index contributed by atoms with van der Waals surface area (Å²) in [6, 6.07) is 7.65. The molecule has 3 atom stereocenters. The topological polar surface area (TPSA) is 83.1 Å². The Balaban J connectivity index is 1.67. The number of carbonyl (C=O) groups is 1. The molecule has 1 saturated heterocycles. The number of ether oxygens (including phenoxy) is 2. The van der Waals surface area contributed by atoms with E-state index in [2.05, 4.69) is 10.6 Å². The highest BCUT2D eigenvalue weighted by atomic mass is 35.5. The van der Waals surface area contributed by atoms with Crippen LogP contribution in [0.5, 0.6) is 0 Å². The summed E-state index contributed by atoms with van der Waals surface area (Å²) in [4.78, 5) is 15.5. The van der Waals surface area contributed by atoms with Gasteiger partial charge in [-0.05, 0) is 62.1 Å². The van der Waals surface area contributed by atoms with E-state index in [0.717, 1.165) is 50.8 Å². The van der Waals surface area contributed by atoms with Gasteiger partial charge in [0, 0.05) is 64.0 Å². The lowest BCUT2D eigenvalue weighted by atomic mass is 9.74. The van der Waals surface area contributed by atoms with Crippen molar-refractivity contribution >= 4 is 17.6 Å². The Morgan fingerprint density at radius 3 is 2.66 bits per heavy atom. The van der Waals surface area contributed by atoms with Gasteiger partial charge in [-0.1, -0.05) is 55.8 Å². The van der Waals surface area contributed by atoms with Crippen molar-refractivity contribution in [3.05, 3.63) is 34.9 Å². The lowest BCUT2D eigenvalue weighted by molar-refractivity contribution is -0.0564. The molecule has 0 radical (unpaired) electrons. The van der Waals surface area contributed by atoms with Crippen LogP contribution in [0.2, 0.25) is 5.02 Å². The Kier molecular flexibility index (Phi) is 13.7. The zero-order valence-electron chi connectivity index (χ0n) is 23.6. The number of rotatable bonds is 15. The lowest BCUT2D eigenvalue weighted by Gasteiger charge is -2.43. The third-order valence-corrected chi connectivity index (χ3v) is 8.64. The number of likely N-dealkylation sites (tertiary alicyclic amines) is 1. The van der Waals surface area contributed by atoms with E-state index in [1.54, 1.807) is 14.2 Å². The van der Waals surface area contributed by atoms with Gasteiger partial charge < -0.3 is 30.1 Å². The number of unbranched alkanes of at least 4 members (excludes halogenated alkanes) is 1. The fourth-order valence-corrected chi connectivity index (χ4v) is 6.46. The summed E-state index contributed by atoms with van der Waals surface area (Å²) >= 11 is 6.33. The maximum atomic E-state index is 13.5. The minimum Gasteiger partial charge on any atom is -0.385 e. The summed E-state index contributed by atoms with van der Waals surface area (Å²) in [6.07, 6.45) is 11.5. The van der Waals surface area contributed by atoms with Crippen LogP contribution >= 0.6 is 11.6 Å². The molecule has 38 heavy (non-hydrogen) atoms. The maximum absolute atomic E-state index is 13.5. The molecule has 2 fully saturated rings.